The van der Waals surface area contributed by atoms with Crippen molar-refractivity contribution in [1.29, 1.82) is 0 Å². The summed E-state index contributed by atoms with van der Waals surface area (Å²) < 4.78 is 5.27. The molecule has 1 aromatic rings. The fourth-order valence-corrected chi connectivity index (χ4v) is 13.4. The molecule has 0 heterocycles. The standard InChI is InChI=1S/C21H34GeO2/c1-6-22(7-2,8-3)16-18-15-21(14-17(18)4,20(23)24-5)19-12-10-9-11-13-19/h9-13,17-18H,6-8,14-16H2,1-5H3/t17-,18+,21-/m1/s1. The molecule has 1 aliphatic carbocycles. The second-order valence-electron chi connectivity index (χ2n) is 7.85. The molecule has 3 atom stereocenters. The van der Waals surface area contributed by atoms with E-state index in [1.807, 2.05) is 18.2 Å². The van der Waals surface area contributed by atoms with Gasteiger partial charge in [-0.1, -0.05) is 0 Å². The van der Waals surface area contributed by atoms with Gasteiger partial charge in [-0.2, -0.15) is 0 Å². The van der Waals surface area contributed by atoms with Crippen molar-refractivity contribution in [2.75, 3.05) is 7.11 Å². The Bertz CT molecular complexity index is 530. The molecule has 0 aliphatic heterocycles. The normalized spacial score (nSPS) is 27.2. The first-order valence-corrected chi connectivity index (χ1v) is 15.5. The number of hydrogen-bond acceptors (Lipinski definition) is 2. The molecule has 1 fully saturated rings. The molecule has 0 unspecified atom stereocenters. The van der Waals surface area contributed by atoms with Crippen molar-refractivity contribution in [3.8, 4) is 0 Å². The Morgan fingerprint density at radius 3 is 2.21 bits per heavy atom. The molecule has 2 rings (SSSR count). The molecule has 1 aromatic carbocycles. The van der Waals surface area contributed by atoms with Crippen LogP contribution >= 0.6 is 0 Å². The number of ether oxygens (including phenoxy) is 1. The average molecular weight is 391 g/mol. The SMILES string of the molecule is C[CH2][Ge]([CH2]C)([CH2]C)[CH2][C@@H]1C[C@@](C(=O)OC)(c2ccccc2)C[C@H]1C. The second-order valence-corrected chi connectivity index (χ2v) is 19.5. The summed E-state index contributed by atoms with van der Waals surface area (Å²) in [4.78, 5) is 12.8. The third-order valence-electron chi connectivity index (χ3n) is 6.93. The van der Waals surface area contributed by atoms with E-state index in [1.54, 1.807) is 0 Å². The van der Waals surface area contributed by atoms with Gasteiger partial charge in [-0.15, -0.1) is 0 Å². The van der Waals surface area contributed by atoms with Crippen LogP contribution in [0.3, 0.4) is 0 Å². The topological polar surface area (TPSA) is 26.3 Å². The van der Waals surface area contributed by atoms with Gasteiger partial charge in [-0.3, -0.25) is 0 Å². The van der Waals surface area contributed by atoms with Gasteiger partial charge in [0.05, 0.1) is 0 Å². The van der Waals surface area contributed by atoms with E-state index in [9.17, 15) is 4.79 Å². The van der Waals surface area contributed by atoms with Crippen molar-refractivity contribution in [1.82, 2.24) is 0 Å². The van der Waals surface area contributed by atoms with Crippen LogP contribution in [-0.4, -0.2) is 26.3 Å². The maximum atomic E-state index is 12.8. The molecule has 0 spiro atoms. The van der Waals surface area contributed by atoms with E-state index in [4.69, 9.17) is 4.74 Å². The number of carbonyl (C=O) groups is 1. The summed E-state index contributed by atoms with van der Waals surface area (Å²) in [5, 5.41) is 5.64. The van der Waals surface area contributed by atoms with E-state index in [0.29, 0.717) is 11.8 Å². The van der Waals surface area contributed by atoms with Gasteiger partial charge in [-0.05, 0) is 0 Å². The molecule has 2 nitrogen and oxygen atoms in total. The summed E-state index contributed by atoms with van der Waals surface area (Å²) in [6.07, 6.45) is 1.90. The molecule has 0 saturated heterocycles. The first-order chi connectivity index (χ1) is 11.5. The first-order valence-electron chi connectivity index (χ1n) is 9.61. The maximum absolute atomic E-state index is 12.8. The van der Waals surface area contributed by atoms with Gasteiger partial charge in [0.15, 0.2) is 0 Å². The predicted molar refractivity (Wildman–Crippen MR) is 104 cm³/mol. The van der Waals surface area contributed by atoms with Crippen molar-refractivity contribution in [3.63, 3.8) is 0 Å². The number of carbonyl (C=O) groups excluding carboxylic acids is 1. The van der Waals surface area contributed by atoms with Gasteiger partial charge in [0.25, 0.3) is 0 Å². The molecule has 24 heavy (non-hydrogen) atoms. The van der Waals surface area contributed by atoms with Gasteiger partial charge in [0, 0.05) is 0 Å². The third kappa shape index (κ3) is 3.59. The van der Waals surface area contributed by atoms with E-state index < -0.39 is 18.7 Å². The third-order valence-corrected chi connectivity index (χ3v) is 19.3. The van der Waals surface area contributed by atoms with Crippen molar-refractivity contribution < 1.29 is 9.53 Å². The summed E-state index contributed by atoms with van der Waals surface area (Å²) in [6, 6.07) is 10.3. The Hall–Kier alpha value is -0.767. The molecule has 0 aromatic heterocycles. The van der Waals surface area contributed by atoms with Gasteiger partial charge in [0.1, 0.15) is 0 Å². The van der Waals surface area contributed by atoms with Crippen LogP contribution in [0.1, 0.15) is 46.1 Å². The summed E-state index contributed by atoms with van der Waals surface area (Å²) in [6.45, 7) is 9.55. The Morgan fingerprint density at radius 2 is 1.71 bits per heavy atom. The van der Waals surface area contributed by atoms with Gasteiger partial charge in [-0.25, -0.2) is 0 Å². The second kappa shape index (κ2) is 8.07. The monoisotopic (exact) mass is 392 g/mol. The van der Waals surface area contributed by atoms with E-state index in [1.165, 1.54) is 28.1 Å². The van der Waals surface area contributed by atoms with E-state index in [-0.39, 0.29) is 5.97 Å². The molecule has 3 heteroatoms. The van der Waals surface area contributed by atoms with Crippen LogP contribution in [0.5, 0.6) is 0 Å². The predicted octanol–water partition coefficient (Wildman–Crippen LogP) is 5.65. The molecular formula is C21H34GeO2. The van der Waals surface area contributed by atoms with Crippen LogP contribution in [0.25, 0.3) is 0 Å². The summed E-state index contributed by atoms with van der Waals surface area (Å²) in [7, 11) is 1.54. The minimum atomic E-state index is -1.75. The Kier molecular flexibility index (Phi) is 6.58. The number of methoxy groups -OCH3 is 1. The summed E-state index contributed by atoms with van der Waals surface area (Å²) in [5.74, 6) is 1.23. The average Bonchev–Trinajstić information content (AvgIpc) is 2.97. The van der Waals surface area contributed by atoms with Crippen LogP contribution in [-0.2, 0) is 14.9 Å². The van der Waals surface area contributed by atoms with Crippen LogP contribution in [0.15, 0.2) is 30.3 Å². The number of benzene rings is 1. The van der Waals surface area contributed by atoms with Gasteiger partial charge in [0.2, 0.25) is 0 Å². The van der Waals surface area contributed by atoms with Crippen molar-refractivity contribution in [2.45, 2.75) is 67.0 Å². The van der Waals surface area contributed by atoms with Crippen molar-refractivity contribution in [3.05, 3.63) is 35.9 Å². The van der Waals surface area contributed by atoms with Gasteiger partial charge < -0.3 is 0 Å². The Balaban J connectivity index is 2.32. The fraction of sp³-hybridized carbons (Fsp3) is 0.667. The summed E-state index contributed by atoms with van der Waals surface area (Å²) in [5.41, 5.74) is 0.720. The van der Waals surface area contributed by atoms with Crippen LogP contribution < -0.4 is 0 Å². The Labute approximate surface area is 150 Å². The zero-order valence-electron chi connectivity index (χ0n) is 16.1. The van der Waals surface area contributed by atoms with E-state index in [2.05, 4.69) is 39.8 Å². The molecule has 0 N–H and O–H groups in total. The molecule has 134 valence electrons. The number of rotatable bonds is 7. The Morgan fingerprint density at radius 1 is 1.12 bits per heavy atom. The van der Waals surface area contributed by atoms with Crippen LogP contribution in [0, 0.1) is 11.8 Å². The quantitative estimate of drug-likeness (QED) is 0.444. The first kappa shape index (κ1) is 19.6. The fourth-order valence-electron chi connectivity index (χ4n) is 4.93. The molecular weight excluding hydrogens is 357 g/mol. The molecule has 1 saturated carbocycles. The number of hydrogen-bond donors (Lipinski definition) is 0. The number of esters is 1. The zero-order chi connectivity index (χ0) is 17.8. The van der Waals surface area contributed by atoms with Crippen LogP contribution in [0.2, 0.25) is 21.0 Å². The van der Waals surface area contributed by atoms with E-state index >= 15 is 0 Å². The summed E-state index contributed by atoms with van der Waals surface area (Å²) >= 11 is -1.75. The van der Waals surface area contributed by atoms with Crippen LogP contribution in [0.4, 0.5) is 0 Å². The molecule has 0 radical (unpaired) electrons. The van der Waals surface area contributed by atoms with Crippen molar-refractivity contribution in [2.24, 2.45) is 11.8 Å². The van der Waals surface area contributed by atoms with Crippen molar-refractivity contribution >= 4 is 19.2 Å². The minimum absolute atomic E-state index is 0.0364. The van der Waals surface area contributed by atoms with Gasteiger partial charge >= 0.3 is 151 Å². The molecule has 0 amide bonds. The van der Waals surface area contributed by atoms with E-state index in [0.717, 1.165) is 18.4 Å². The molecule has 1 aliphatic rings. The zero-order valence-corrected chi connectivity index (χ0v) is 18.2. The molecule has 0 bridgehead atoms.